The number of hydrogen-bond donors (Lipinski definition) is 2. The van der Waals surface area contributed by atoms with E-state index in [-0.39, 0.29) is 5.91 Å². The molecule has 4 nitrogen and oxygen atoms in total. The summed E-state index contributed by atoms with van der Waals surface area (Å²) in [5.41, 5.74) is 3.69. The SMILES string of the molecule is O=C(CCc1ccccc1)NCc1ccc(CN2CCNCC2)cc1. The summed E-state index contributed by atoms with van der Waals surface area (Å²) in [7, 11) is 0. The minimum atomic E-state index is 0.105. The third-order valence-corrected chi connectivity index (χ3v) is 4.61. The Kier molecular flexibility index (Phi) is 6.60. The van der Waals surface area contributed by atoms with E-state index < -0.39 is 0 Å². The number of nitrogens with one attached hydrogen (secondary N) is 2. The molecule has 1 saturated heterocycles. The van der Waals surface area contributed by atoms with Crippen LogP contribution in [0.5, 0.6) is 0 Å². The number of piperazine rings is 1. The number of rotatable bonds is 7. The number of carbonyl (C=O) groups excluding carboxylic acids is 1. The van der Waals surface area contributed by atoms with Gasteiger partial charge in [-0.05, 0) is 23.1 Å². The summed E-state index contributed by atoms with van der Waals surface area (Å²) in [4.78, 5) is 14.5. The zero-order chi connectivity index (χ0) is 17.3. The van der Waals surface area contributed by atoms with Crippen LogP contribution in [0.2, 0.25) is 0 Å². The third kappa shape index (κ3) is 6.00. The predicted octanol–water partition coefficient (Wildman–Crippen LogP) is 2.34. The van der Waals surface area contributed by atoms with Crippen molar-refractivity contribution < 1.29 is 4.79 Å². The van der Waals surface area contributed by atoms with E-state index in [0.29, 0.717) is 13.0 Å². The van der Waals surface area contributed by atoms with Gasteiger partial charge in [-0.25, -0.2) is 0 Å². The van der Waals surface area contributed by atoms with Gasteiger partial charge in [0.2, 0.25) is 5.91 Å². The van der Waals surface area contributed by atoms with Crippen LogP contribution >= 0.6 is 0 Å². The van der Waals surface area contributed by atoms with Gasteiger partial charge in [-0.3, -0.25) is 9.69 Å². The van der Waals surface area contributed by atoms with Crippen molar-refractivity contribution in [2.75, 3.05) is 26.2 Å². The van der Waals surface area contributed by atoms with Crippen LogP contribution in [0.4, 0.5) is 0 Å². The number of amides is 1. The van der Waals surface area contributed by atoms with Crippen molar-refractivity contribution in [1.82, 2.24) is 15.5 Å². The molecule has 1 fully saturated rings. The lowest BCUT2D eigenvalue weighted by molar-refractivity contribution is -0.121. The maximum absolute atomic E-state index is 12.0. The molecule has 1 aliphatic heterocycles. The van der Waals surface area contributed by atoms with Crippen LogP contribution < -0.4 is 10.6 Å². The van der Waals surface area contributed by atoms with E-state index in [9.17, 15) is 4.79 Å². The van der Waals surface area contributed by atoms with Crippen LogP contribution in [0.3, 0.4) is 0 Å². The summed E-state index contributed by atoms with van der Waals surface area (Å²) in [6.45, 7) is 5.98. The topological polar surface area (TPSA) is 44.4 Å². The van der Waals surface area contributed by atoms with Crippen LogP contribution in [-0.2, 0) is 24.3 Å². The molecule has 0 unspecified atom stereocenters. The van der Waals surface area contributed by atoms with Gasteiger partial charge >= 0.3 is 0 Å². The van der Waals surface area contributed by atoms with Crippen molar-refractivity contribution in [2.24, 2.45) is 0 Å². The van der Waals surface area contributed by atoms with E-state index in [1.54, 1.807) is 0 Å². The smallest absolute Gasteiger partial charge is 0.220 e. The second-order valence-electron chi connectivity index (χ2n) is 6.60. The van der Waals surface area contributed by atoms with Crippen LogP contribution in [0, 0.1) is 0 Å². The molecule has 25 heavy (non-hydrogen) atoms. The Morgan fingerprint density at radius 1 is 0.920 bits per heavy atom. The highest BCUT2D eigenvalue weighted by molar-refractivity contribution is 5.76. The summed E-state index contributed by atoms with van der Waals surface area (Å²) >= 11 is 0. The summed E-state index contributed by atoms with van der Waals surface area (Å²) in [5, 5.41) is 6.39. The van der Waals surface area contributed by atoms with Crippen LogP contribution in [0.25, 0.3) is 0 Å². The molecule has 1 amide bonds. The summed E-state index contributed by atoms with van der Waals surface area (Å²) < 4.78 is 0. The predicted molar refractivity (Wildman–Crippen MR) is 101 cm³/mol. The number of benzene rings is 2. The van der Waals surface area contributed by atoms with Crippen LogP contribution in [0.1, 0.15) is 23.1 Å². The van der Waals surface area contributed by atoms with E-state index in [1.807, 2.05) is 18.2 Å². The van der Waals surface area contributed by atoms with Crippen molar-refractivity contribution in [1.29, 1.82) is 0 Å². The highest BCUT2D eigenvalue weighted by Gasteiger charge is 2.09. The van der Waals surface area contributed by atoms with E-state index in [1.165, 1.54) is 11.1 Å². The van der Waals surface area contributed by atoms with Gasteiger partial charge in [-0.1, -0.05) is 54.6 Å². The van der Waals surface area contributed by atoms with E-state index in [0.717, 1.165) is 44.7 Å². The third-order valence-electron chi connectivity index (χ3n) is 4.61. The van der Waals surface area contributed by atoms with Gasteiger partial charge in [-0.2, -0.15) is 0 Å². The van der Waals surface area contributed by atoms with Crippen molar-refractivity contribution in [3.8, 4) is 0 Å². The highest BCUT2D eigenvalue weighted by Crippen LogP contribution is 2.09. The molecule has 132 valence electrons. The molecule has 0 atom stereocenters. The Labute approximate surface area is 150 Å². The molecular formula is C21H27N3O. The van der Waals surface area contributed by atoms with E-state index >= 15 is 0 Å². The second kappa shape index (κ2) is 9.35. The van der Waals surface area contributed by atoms with Gasteiger partial charge in [0.05, 0.1) is 0 Å². The first-order valence-corrected chi connectivity index (χ1v) is 9.11. The Bertz CT molecular complexity index is 649. The van der Waals surface area contributed by atoms with Crippen LogP contribution in [0.15, 0.2) is 54.6 Å². The first kappa shape index (κ1) is 17.6. The monoisotopic (exact) mass is 337 g/mol. The maximum atomic E-state index is 12.0. The van der Waals surface area contributed by atoms with Crippen molar-refractivity contribution >= 4 is 5.91 Å². The van der Waals surface area contributed by atoms with Gasteiger partial charge < -0.3 is 10.6 Å². The lowest BCUT2D eigenvalue weighted by atomic mass is 10.1. The normalized spacial score (nSPS) is 15.0. The molecule has 0 aliphatic carbocycles. The molecule has 0 spiro atoms. The maximum Gasteiger partial charge on any atom is 0.220 e. The second-order valence-corrected chi connectivity index (χ2v) is 6.60. The molecule has 0 saturated carbocycles. The van der Waals surface area contributed by atoms with Gasteiger partial charge in [-0.15, -0.1) is 0 Å². The molecule has 4 heteroatoms. The fourth-order valence-corrected chi connectivity index (χ4v) is 3.08. The van der Waals surface area contributed by atoms with Crippen molar-refractivity contribution in [3.63, 3.8) is 0 Å². The fraction of sp³-hybridized carbons (Fsp3) is 0.381. The largest absolute Gasteiger partial charge is 0.352 e. The summed E-state index contributed by atoms with van der Waals surface area (Å²) in [5.74, 6) is 0.105. The lowest BCUT2D eigenvalue weighted by Crippen LogP contribution is -2.42. The molecule has 1 aliphatic rings. The van der Waals surface area contributed by atoms with Gasteiger partial charge in [0.15, 0.2) is 0 Å². The molecule has 0 bridgehead atoms. The van der Waals surface area contributed by atoms with E-state index in [2.05, 4.69) is 51.9 Å². The summed E-state index contributed by atoms with van der Waals surface area (Å²) in [6.07, 6.45) is 1.32. The molecule has 0 aromatic heterocycles. The molecule has 2 aromatic rings. The first-order chi connectivity index (χ1) is 12.3. The lowest BCUT2D eigenvalue weighted by Gasteiger charge is -2.27. The summed E-state index contributed by atoms with van der Waals surface area (Å²) in [6, 6.07) is 18.7. The Morgan fingerprint density at radius 3 is 2.32 bits per heavy atom. The molecular weight excluding hydrogens is 310 g/mol. The standard InChI is InChI=1S/C21H27N3O/c25-21(11-10-18-4-2-1-3-5-18)23-16-19-6-8-20(9-7-19)17-24-14-12-22-13-15-24/h1-9,22H,10-17H2,(H,23,25). The zero-order valence-electron chi connectivity index (χ0n) is 14.7. The molecule has 2 aromatic carbocycles. The average Bonchev–Trinajstić information content (AvgIpc) is 2.67. The Balaban J connectivity index is 1.39. The number of aryl methyl sites for hydroxylation is 1. The number of hydrogen-bond acceptors (Lipinski definition) is 3. The van der Waals surface area contributed by atoms with Crippen molar-refractivity contribution in [2.45, 2.75) is 25.9 Å². The minimum absolute atomic E-state index is 0.105. The van der Waals surface area contributed by atoms with Gasteiger partial charge in [0.25, 0.3) is 0 Å². The van der Waals surface area contributed by atoms with Gasteiger partial charge in [0.1, 0.15) is 0 Å². The molecule has 0 radical (unpaired) electrons. The average molecular weight is 337 g/mol. The van der Waals surface area contributed by atoms with Crippen molar-refractivity contribution in [3.05, 3.63) is 71.3 Å². The quantitative estimate of drug-likeness (QED) is 0.815. The molecule has 2 N–H and O–H groups in total. The Hall–Kier alpha value is -2.17. The fourth-order valence-electron chi connectivity index (χ4n) is 3.08. The minimum Gasteiger partial charge on any atom is -0.352 e. The Morgan fingerprint density at radius 2 is 1.60 bits per heavy atom. The highest BCUT2D eigenvalue weighted by atomic mass is 16.1. The van der Waals surface area contributed by atoms with Crippen LogP contribution in [-0.4, -0.2) is 37.0 Å². The first-order valence-electron chi connectivity index (χ1n) is 9.11. The molecule has 1 heterocycles. The zero-order valence-corrected chi connectivity index (χ0v) is 14.7. The number of carbonyl (C=O) groups is 1. The number of nitrogens with zero attached hydrogens (tertiary/aromatic N) is 1. The van der Waals surface area contributed by atoms with Gasteiger partial charge in [0, 0.05) is 45.7 Å². The van der Waals surface area contributed by atoms with E-state index in [4.69, 9.17) is 0 Å². The molecule has 3 rings (SSSR count).